The van der Waals surface area contributed by atoms with E-state index in [1.807, 2.05) is 6.07 Å². The molecule has 0 saturated heterocycles. The summed E-state index contributed by atoms with van der Waals surface area (Å²) >= 11 is 0. The summed E-state index contributed by atoms with van der Waals surface area (Å²) in [5.74, 6) is 1.54. The Morgan fingerprint density at radius 2 is 2.05 bits per heavy atom. The second kappa shape index (κ2) is 7.72. The van der Waals surface area contributed by atoms with E-state index >= 15 is 0 Å². The quantitative estimate of drug-likeness (QED) is 0.696. The van der Waals surface area contributed by atoms with Crippen LogP contribution in [0.4, 0.5) is 11.5 Å². The zero-order valence-electron chi connectivity index (χ0n) is 11.9. The van der Waals surface area contributed by atoms with Gasteiger partial charge in [0.15, 0.2) is 0 Å². The molecule has 1 amide bonds. The van der Waals surface area contributed by atoms with Crippen LogP contribution in [0.15, 0.2) is 18.3 Å². The van der Waals surface area contributed by atoms with E-state index in [4.69, 9.17) is 5.73 Å². The number of nitrogens with two attached hydrogens (primary N) is 1. The van der Waals surface area contributed by atoms with Gasteiger partial charge in [0.25, 0.3) is 0 Å². The first kappa shape index (κ1) is 14.6. The number of aromatic nitrogens is 1. The Bertz CT molecular complexity index is 412. The van der Waals surface area contributed by atoms with Crippen LogP contribution in [-0.2, 0) is 4.79 Å². The zero-order chi connectivity index (χ0) is 14.2. The zero-order valence-corrected chi connectivity index (χ0v) is 11.9. The SMILES string of the molecule is Nc1ccc(NCCNC(=O)CC2CCCCC2)nc1. The predicted octanol–water partition coefficient (Wildman–Crippen LogP) is 2.16. The number of nitrogens with zero attached hydrogens (tertiary/aromatic N) is 1. The van der Waals surface area contributed by atoms with Crippen molar-refractivity contribution in [3.63, 3.8) is 0 Å². The molecule has 1 heterocycles. The second-order valence-corrected chi connectivity index (χ2v) is 5.46. The van der Waals surface area contributed by atoms with E-state index < -0.39 is 0 Å². The van der Waals surface area contributed by atoms with Crippen LogP contribution in [-0.4, -0.2) is 24.0 Å². The third-order valence-corrected chi connectivity index (χ3v) is 3.74. The fourth-order valence-electron chi connectivity index (χ4n) is 2.63. The normalized spacial score (nSPS) is 15.8. The number of hydrogen-bond acceptors (Lipinski definition) is 4. The molecule has 0 aromatic carbocycles. The summed E-state index contributed by atoms with van der Waals surface area (Å²) in [6, 6.07) is 3.64. The molecule has 5 nitrogen and oxygen atoms in total. The number of carbonyl (C=O) groups is 1. The minimum Gasteiger partial charge on any atom is -0.397 e. The van der Waals surface area contributed by atoms with Crippen LogP contribution in [0.3, 0.4) is 0 Å². The molecule has 4 N–H and O–H groups in total. The van der Waals surface area contributed by atoms with Gasteiger partial charge in [-0.2, -0.15) is 0 Å². The molecule has 0 bridgehead atoms. The van der Waals surface area contributed by atoms with Crippen LogP contribution in [0.25, 0.3) is 0 Å². The smallest absolute Gasteiger partial charge is 0.220 e. The first-order valence-corrected chi connectivity index (χ1v) is 7.46. The Morgan fingerprint density at radius 1 is 1.25 bits per heavy atom. The third kappa shape index (κ3) is 5.07. The summed E-state index contributed by atoms with van der Waals surface area (Å²) < 4.78 is 0. The molecule has 1 aliphatic rings. The minimum atomic E-state index is 0.170. The Balaban J connectivity index is 1.58. The number of rotatable bonds is 6. The highest BCUT2D eigenvalue weighted by molar-refractivity contribution is 5.76. The highest BCUT2D eigenvalue weighted by Crippen LogP contribution is 2.25. The van der Waals surface area contributed by atoms with Crippen molar-refractivity contribution in [1.29, 1.82) is 0 Å². The molecule has 0 unspecified atom stereocenters. The molecule has 0 atom stereocenters. The number of anilines is 2. The second-order valence-electron chi connectivity index (χ2n) is 5.46. The maximum Gasteiger partial charge on any atom is 0.220 e. The molecule has 0 spiro atoms. The fourth-order valence-corrected chi connectivity index (χ4v) is 2.63. The molecule has 1 saturated carbocycles. The summed E-state index contributed by atoms with van der Waals surface area (Å²) in [6.45, 7) is 1.30. The maximum atomic E-state index is 11.8. The van der Waals surface area contributed by atoms with E-state index in [1.54, 1.807) is 12.3 Å². The van der Waals surface area contributed by atoms with Gasteiger partial charge in [0, 0.05) is 19.5 Å². The molecular weight excluding hydrogens is 252 g/mol. The van der Waals surface area contributed by atoms with Gasteiger partial charge in [-0.25, -0.2) is 4.98 Å². The van der Waals surface area contributed by atoms with Crippen LogP contribution in [0.1, 0.15) is 38.5 Å². The molecule has 1 aromatic heterocycles. The Labute approximate surface area is 120 Å². The van der Waals surface area contributed by atoms with Crippen molar-refractivity contribution < 1.29 is 4.79 Å². The van der Waals surface area contributed by atoms with Crippen LogP contribution in [0.5, 0.6) is 0 Å². The van der Waals surface area contributed by atoms with Gasteiger partial charge in [-0.3, -0.25) is 4.79 Å². The minimum absolute atomic E-state index is 0.170. The summed E-state index contributed by atoms with van der Waals surface area (Å²) in [5.41, 5.74) is 6.21. The molecule has 110 valence electrons. The molecule has 1 fully saturated rings. The Morgan fingerprint density at radius 3 is 2.75 bits per heavy atom. The molecule has 0 radical (unpaired) electrons. The van der Waals surface area contributed by atoms with Gasteiger partial charge in [-0.05, 0) is 30.9 Å². The average molecular weight is 276 g/mol. The summed E-state index contributed by atoms with van der Waals surface area (Å²) in [5, 5.41) is 6.11. The van der Waals surface area contributed by atoms with Crippen molar-refractivity contribution in [2.45, 2.75) is 38.5 Å². The first-order valence-electron chi connectivity index (χ1n) is 7.46. The maximum absolute atomic E-state index is 11.8. The molecule has 2 rings (SSSR count). The summed E-state index contributed by atoms with van der Waals surface area (Å²) in [6.07, 6.45) is 8.60. The van der Waals surface area contributed by atoms with E-state index in [9.17, 15) is 4.79 Å². The summed E-state index contributed by atoms with van der Waals surface area (Å²) in [4.78, 5) is 15.9. The van der Waals surface area contributed by atoms with Crippen molar-refractivity contribution in [1.82, 2.24) is 10.3 Å². The van der Waals surface area contributed by atoms with Crippen molar-refractivity contribution in [2.24, 2.45) is 5.92 Å². The van der Waals surface area contributed by atoms with Crippen LogP contribution >= 0.6 is 0 Å². The van der Waals surface area contributed by atoms with Crippen LogP contribution < -0.4 is 16.4 Å². The largest absolute Gasteiger partial charge is 0.397 e. The molecular formula is C15H24N4O. The van der Waals surface area contributed by atoms with Crippen LogP contribution in [0.2, 0.25) is 0 Å². The Hall–Kier alpha value is -1.78. The molecule has 0 aliphatic heterocycles. The van der Waals surface area contributed by atoms with Gasteiger partial charge < -0.3 is 16.4 Å². The number of pyridine rings is 1. The van der Waals surface area contributed by atoms with E-state index in [-0.39, 0.29) is 5.91 Å². The van der Waals surface area contributed by atoms with Crippen LogP contribution in [0, 0.1) is 5.92 Å². The topological polar surface area (TPSA) is 80.0 Å². The van der Waals surface area contributed by atoms with Crippen molar-refractivity contribution >= 4 is 17.4 Å². The van der Waals surface area contributed by atoms with Gasteiger partial charge in [-0.1, -0.05) is 19.3 Å². The third-order valence-electron chi connectivity index (χ3n) is 3.74. The monoisotopic (exact) mass is 276 g/mol. The number of nitrogen functional groups attached to an aromatic ring is 1. The Kier molecular flexibility index (Phi) is 5.65. The van der Waals surface area contributed by atoms with Gasteiger partial charge in [0.1, 0.15) is 5.82 Å². The number of carbonyl (C=O) groups excluding carboxylic acids is 1. The van der Waals surface area contributed by atoms with Gasteiger partial charge >= 0.3 is 0 Å². The van der Waals surface area contributed by atoms with Crippen molar-refractivity contribution in [3.8, 4) is 0 Å². The molecule has 1 aromatic rings. The van der Waals surface area contributed by atoms with Gasteiger partial charge in [0.2, 0.25) is 5.91 Å². The van der Waals surface area contributed by atoms with Gasteiger partial charge in [-0.15, -0.1) is 0 Å². The molecule has 1 aliphatic carbocycles. The highest BCUT2D eigenvalue weighted by atomic mass is 16.1. The number of nitrogens with one attached hydrogen (secondary N) is 2. The summed E-state index contributed by atoms with van der Waals surface area (Å²) in [7, 11) is 0. The highest BCUT2D eigenvalue weighted by Gasteiger charge is 2.16. The first-order chi connectivity index (χ1) is 9.74. The molecule has 5 heteroatoms. The van der Waals surface area contributed by atoms with Crippen molar-refractivity contribution in [3.05, 3.63) is 18.3 Å². The van der Waals surface area contributed by atoms with Crippen molar-refractivity contribution in [2.75, 3.05) is 24.1 Å². The van der Waals surface area contributed by atoms with E-state index in [0.717, 1.165) is 5.82 Å². The number of amides is 1. The lowest BCUT2D eigenvalue weighted by molar-refractivity contribution is -0.122. The van der Waals surface area contributed by atoms with E-state index in [1.165, 1.54) is 32.1 Å². The number of hydrogen-bond donors (Lipinski definition) is 3. The van der Waals surface area contributed by atoms with E-state index in [2.05, 4.69) is 15.6 Å². The molecule has 20 heavy (non-hydrogen) atoms. The average Bonchev–Trinajstić information content (AvgIpc) is 2.46. The standard InChI is InChI=1S/C15H24N4O/c16-13-6-7-14(19-11-13)17-8-9-18-15(20)10-12-4-2-1-3-5-12/h6-7,11-12H,1-5,8-10,16H2,(H,17,19)(H,18,20). The van der Waals surface area contributed by atoms with Gasteiger partial charge in [0.05, 0.1) is 11.9 Å². The lowest BCUT2D eigenvalue weighted by atomic mass is 9.87. The lowest BCUT2D eigenvalue weighted by Crippen LogP contribution is -2.30. The lowest BCUT2D eigenvalue weighted by Gasteiger charge is -2.20. The van der Waals surface area contributed by atoms with E-state index in [0.29, 0.717) is 31.1 Å². The predicted molar refractivity (Wildman–Crippen MR) is 81.3 cm³/mol. The fraction of sp³-hybridized carbons (Fsp3) is 0.600.